The second-order valence-electron chi connectivity index (χ2n) is 10.1. The minimum atomic E-state index is -1.82. The van der Waals surface area contributed by atoms with Crippen molar-refractivity contribution < 1.29 is 24.5 Å². The van der Waals surface area contributed by atoms with E-state index in [2.05, 4.69) is 25.4 Å². The molecule has 4 N–H and O–H groups in total. The monoisotopic (exact) mass is 565 g/mol. The lowest BCUT2D eigenvalue weighted by Crippen LogP contribution is -2.41. The first kappa shape index (κ1) is 32.9. The minimum Gasteiger partial charge on any atom is -0.473 e. The van der Waals surface area contributed by atoms with Crippen LogP contribution >= 0.6 is 12.2 Å². The number of morpholine rings is 1. The molecular formula is C28H47N5O5S. The van der Waals surface area contributed by atoms with Gasteiger partial charge < -0.3 is 30.5 Å². The van der Waals surface area contributed by atoms with Crippen LogP contribution in [-0.2, 0) is 14.3 Å². The summed E-state index contributed by atoms with van der Waals surface area (Å²) in [7, 11) is 0. The van der Waals surface area contributed by atoms with Crippen molar-refractivity contribution in [2.24, 2.45) is 0 Å². The number of unbranched alkanes of at least 4 members (excludes halogenated alkanes) is 4. The van der Waals surface area contributed by atoms with E-state index in [9.17, 15) is 0 Å². The molecule has 0 amide bonds. The van der Waals surface area contributed by atoms with Gasteiger partial charge in [-0.1, -0.05) is 38.5 Å². The highest BCUT2D eigenvalue weighted by Gasteiger charge is 2.21. The first-order valence-electron chi connectivity index (χ1n) is 14.4. The molecule has 0 unspecified atom stereocenters. The van der Waals surface area contributed by atoms with Crippen LogP contribution in [0.25, 0.3) is 0 Å². The van der Waals surface area contributed by atoms with Gasteiger partial charge in [0, 0.05) is 43.8 Å². The number of carboxylic acid groups (broad SMARTS) is 2. The van der Waals surface area contributed by atoms with Crippen molar-refractivity contribution in [1.82, 2.24) is 20.1 Å². The van der Waals surface area contributed by atoms with Gasteiger partial charge in [0.2, 0.25) is 0 Å². The van der Waals surface area contributed by atoms with Crippen LogP contribution in [0.2, 0.25) is 0 Å². The van der Waals surface area contributed by atoms with Crippen LogP contribution in [0, 0.1) is 0 Å². The molecule has 220 valence electrons. The number of thiocarbonyl (C=S) groups is 1. The van der Waals surface area contributed by atoms with E-state index >= 15 is 0 Å². The Bertz CT molecular complexity index is 808. The summed E-state index contributed by atoms with van der Waals surface area (Å²) < 4.78 is 5.49. The van der Waals surface area contributed by atoms with E-state index in [1.807, 2.05) is 12.1 Å². The van der Waals surface area contributed by atoms with Gasteiger partial charge in [-0.2, -0.15) is 0 Å². The predicted octanol–water partition coefficient (Wildman–Crippen LogP) is 3.83. The molecule has 1 saturated heterocycles. The van der Waals surface area contributed by atoms with Gasteiger partial charge in [0.05, 0.1) is 13.2 Å². The van der Waals surface area contributed by atoms with Crippen molar-refractivity contribution >= 4 is 35.0 Å². The highest BCUT2D eigenvalue weighted by atomic mass is 32.1. The van der Waals surface area contributed by atoms with Crippen molar-refractivity contribution in [1.29, 1.82) is 0 Å². The summed E-state index contributed by atoms with van der Waals surface area (Å²) in [5, 5.41) is 22.0. The number of nitrogens with zero attached hydrogens (tertiary/aromatic N) is 3. The molecule has 2 heterocycles. The topological polar surface area (TPSA) is 127 Å². The van der Waals surface area contributed by atoms with Gasteiger partial charge in [0.15, 0.2) is 5.11 Å². The average Bonchev–Trinajstić information content (AvgIpc) is 2.95. The number of hydrogen-bond donors (Lipinski definition) is 4. The quantitative estimate of drug-likeness (QED) is 0.149. The molecule has 0 bridgehead atoms. The van der Waals surface area contributed by atoms with Crippen LogP contribution in [0.5, 0.6) is 0 Å². The first-order chi connectivity index (χ1) is 19.0. The zero-order valence-corrected chi connectivity index (χ0v) is 24.0. The third kappa shape index (κ3) is 15.7. The van der Waals surface area contributed by atoms with Gasteiger partial charge in [-0.05, 0) is 76.1 Å². The van der Waals surface area contributed by atoms with Crippen molar-refractivity contribution in [3.05, 3.63) is 24.5 Å². The first-order valence-corrected chi connectivity index (χ1v) is 14.8. The van der Waals surface area contributed by atoms with E-state index in [1.54, 1.807) is 12.4 Å². The second kappa shape index (κ2) is 20.5. The lowest BCUT2D eigenvalue weighted by atomic mass is 9.93. The van der Waals surface area contributed by atoms with Gasteiger partial charge in [-0.25, -0.2) is 9.59 Å². The maximum atomic E-state index is 9.10. The molecule has 0 aromatic carbocycles. The van der Waals surface area contributed by atoms with Crippen LogP contribution < -0.4 is 10.6 Å². The fourth-order valence-corrected chi connectivity index (χ4v) is 5.25. The van der Waals surface area contributed by atoms with Crippen molar-refractivity contribution in [3.8, 4) is 0 Å². The molecule has 39 heavy (non-hydrogen) atoms. The molecule has 1 aliphatic carbocycles. The molecular weight excluding hydrogens is 518 g/mol. The average molecular weight is 566 g/mol. The smallest absolute Gasteiger partial charge is 0.414 e. The van der Waals surface area contributed by atoms with E-state index in [0.29, 0.717) is 5.11 Å². The standard InChI is InChI=1S/C26H45N5OS.C2H2O4/c33-26(29-24-12-15-27-16-13-24)28-14-7-2-1-3-8-18-31(25-10-5-4-6-11-25)19-9-17-30-20-22-32-23-21-30;3-1(4)2(5)6/h12-13,15-16,25H,1-11,14,17-23H2,(H2,27,28,29,33);(H,3,4)(H,5,6). The number of aliphatic carboxylic acids is 2. The third-order valence-corrected chi connectivity index (χ3v) is 7.39. The Labute approximate surface area is 238 Å². The Kier molecular flexibility index (Phi) is 17.3. The number of anilines is 1. The Morgan fingerprint density at radius 2 is 1.56 bits per heavy atom. The van der Waals surface area contributed by atoms with Crippen LogP contribution in [-0.4, -0.2) is 101 Å². The predicted molar refractivity (Wildman–Crippen MR) is 157 cm³/mol. The zero-order chi connectivity index (χ0) is 28.1. The number of rotatable bonds is 14. The minimum absolute atomic E-state index is 0.696. The van der Waals surface area contributed by atoms with E-state index in [1.165, 1.54) is 90.3 Å². The summed E-state index contributed by atoms with van der Waals surface area (Å²) >= 11 is 5.37. The van der Waals surface area contributed by atoms with E-state index in [-0.39, 0.29) is 0 Å². The molecule has 0 radical (unpaired) electrons. The van der Waals surface area contributed by atoms with Crippen LogP contribution in [0.4, 0.5) is 5.69 Å². The highest BCUT2D eigenvalue weighted by Crippen LogP contribution is 2.23. The van der Waals surface area contributed by atoms with Crippen molar-refractivity contribution in [3.63, 3.8) is 0 Å². The molecule has 1 saturated carbocycles. The van der Waals surface area contributed by atoms with Crippen LogP contribution in [0.15, 0.2) is 24.5 Å². The van der Waals surface area contributed by atoms with Crippen LogP contribution in [0.3, 0.4) is 0 Å². The van der Waals surface area contributed by atoms with Gasteiger partial charge >= 0.3 is 11.9 Å². The van der Waals surface area contributed by atoms with Gasteiger partial charge in [-0.3, -0.25) is 9.88 Å². The van der Waals surface area contributed by atoms with Crippen molar-refractivity contribution in [2.75, 3.05) is 57.8 Å². The molecule has 11 heteroatoms. The number of carboxylic acids is 2. The van der Waals surface area contributed by atoms with Crippen molar-refractivity contribution in [2.45, 2.75) is 76.7 Å². The number of carbonyl (C=O) groups is 2. The number of ether oxygens (including phenoxy) is 1. The summed E-state index contributed by atoms with van der Waals surface area (Å²) in [5.74, 6) is -3.65. The Hall–Kier alpha value is -2.34. The number of hydrogen-bond acceptors (Lipinski definition) is 7. The zero-order valence-electron chi connectivity index (χ0n) is 23.2. The van der Waals surface area contributed by atoms with E-state index < -0.39 is 11.9 Å². The lowest BCUT2D eigenvalue weighted by Gasteiger charge is -2.35. The van der Waals surface area contributed by atoms with Crippen LogP contribution in [0.1, 0.15) is 70.6 Å². The molecule has 1 aromatic rings. The molecule has 10 nitrogen and oxygen atoms in total. The maximum absolute atomic E-state index is 9.10. The molecule has 1 aromatic heterocycles. The molecule has 2 aliphatic rings. The largest absolute Gasteiger partial charge is 0.473 e. The van der Waals surface area contributed by atoms with E-state index in [4.69, 9.17) is 36.8 Å². The molecule has 0 atom stereocenters. The number of aromatic nitrogens is 1. The summed E-state index contributed by atoms with van der Waals surface area (Å²) in [6, 6.07) is 4.68. The summed E-state index contributed by atoms with van der Waals surface area (Å²) in [4.78, 5) is 27.6. The fourth-order valence-electron chi connectivity index (χ4n) is 5.03. The Morgan fingerprint density at radius 1 is 0.949 bits per heavy atom. The Morgan fingerprint density at radius 3 is 2.23 bits per heavy atom. The number of nitrogens with one attached hydrogen (secondary N) is 2. The highest BCUT2D eigenvalue weighted by molar-refractivity contribution is 7.80. The van der Waals surface area contributed by atoms with Gasteiger partial charge in [-0.15, -0.1) is 0 Å². The fraction of sp³-hybridized carbons (Fsp3) is 0.714. The maximum Gasteiger partial charge on any atom is 0.414 e. The molecule has 1 aliphatic heterocycles. The SMILES string of the molecule is O=C(O)C(=O)O.S=C(NCCCCCCCN(CCCN1CCOCC1)C1CCCCC1)Nc1ccncc1. The van der Waals surface area contributed by atoms with Gasteiger partial charge in [0.25, 0.3) is 0 Å². The molecule has 3 rings (SSSR count). The lowest BCUT2D eigenvalue weighted by molar-refractivity contribution is -0.159. The normalized spacial score (nSPS) is 16.2. The van der Waals surface area contributed by atoms with E-state index in [0.717, 1.165) is 44.6 Å². The number of pyridine rings is 1. The third-order valence-electron chi connectivity index (χ3n) is 7.14. The summed E-state index contributed by atoms with van der Waals surface area (Å²) in [5.41, 5.74) is 0.981. The molecule has 2 fully saturated rings. The van der Waals surface area contributed by atoms with Gasteiger partial charge in [0.1, 0.15) is 0 Å². The Balaban J connectivity index is 0.000000798. The molecule has 0 spiro atoms. The summed E-state index contributed by atoms with van der Waals surface area (Å²) in [6.07, 6.45) is 18.4. The summed E-state index contributed by atoms with van der Waals surface area (Å²) in [6.45, 7) is 8.78. The second-order valence-corrected chi connectivity index (χ2v) is 10.5.